The molecule has 3 rings (SSSR count). The monoisotopic (exact) mass is 317 g/mol. The van der Waals surface area contributed by atoms with Crippen LogP contribution >= 0.6 is 0 Å². The zero-order chi connectivity index (χ0) is 17.1. The SMILES string of the molecule is Cc1cc(C)n(-c2ccc(NC(=O)c3cccc(C#N)c3)cn2)n1. The van der Waals surface area contributed by atoms with E-state index >= 15 is 0 Å². The molecule has 0 atom stereocenters. The van der Waals surface area contributed by atoms with E-state index in [1.165, 1.54) is 0 Å². The van der Waals surface area contributed by atoms with Gasteiger partial charge in [-0.2, -0.15) is 10.4 Å². The molecule has 0 saturated heterocycles. The summed E-state index contributed by atoms with van der Waals surface area (Å²) in [5, 5.41) is 16.0. The molecule has 1 amide bonds. The minimum absolute atomic E-state index is 0.284. The number of nitrogens with one attached hydrogen (secondary N) is 1. The molecule has 0 saturated carbocycles. The molecule has 0 spiro atoms. The molecule has 0 bridgehead atoms. The van der Waals surface area contributed by atoms with Crippen molar-refractivity contribution in [3.05, 3.63) is 71.2 Å². The van der Waals surface area contributed by atoms with Gasteiger partial charge in [0, 0.05) is 11.3 Å². The van der Waals surface area contributed by atoms with Crippen LogP contribution in [0.1, 0.15) is 27.3 Å². The lowest BCUT2D eigenvalue weighted by molar-refractivity contribution is 0.102. The number of hydrogen-bond donors (Lipinski definition) is 1. The molecule has 118 valence electrons. The minimum Gasteiger partial charge on any atom is -0.321 e. The Morgan fingerprint density at radius 3 is 2.67 bits per heavy atom. The molecule has 1 aromatic carbocycles. The number of nitriles is 1. The van der Waals surface area contributed by atoms with Gasteiger partial charge in [-0.1, -0.05) is 6.07 Å². The van der Waals surface area contributed by atoms with E-state index in [1.54, 1.807) is 47.3 Å². The number of carbonyl (C=O) groups is 1. The number of anilines is 1. The minimum atomic E-state index is -0.284. The maximum absolute atomic E-state index is 12.2. The molecule has 2 heterocycles. The first-order valence-electron chi connectivity index (χ1n) is 7.38. The van der Waals surface area contributed by atoms with E-state index in [2.05, 4.69) is 15.4 Å². The van der Waals surface area contributed by atoms with E-state index in [4.69, 9.17) is 5.26 Å². The third-order valence-corrected chi connectivity index (χ3v) is 3.49. The van der Waals surface area contributed by atoms with Crippen LogP contribution in [0.5, 0.6) is 0 Å². The van der Waals surface area contributed by atoms with Gasteiger partial charge in [-0.05, 0) is 50.2 Å². The number of benzene rings is 1. The standard InChI is InChI=1S/C18H15N5O/c1-12-8-13(2)23(22-12)17-7-6-16(11-20-17)21-18(24)15-5-3-4-14(9-15)10-19/h3-9,11H,1-2H3,(H,21,24). The lowest BCUT2D eigenvalue weighted by Crippen LogP contribution is -2.12. The lowest BCUT2D eigenvalue weighted by Gasteiger charge is -2.07. The smallest absolute Gasteiger partial charge is 0.255 e. The fourth-order valence-corrected chi connectivity index (χ4v) is 2.38. The molecule has 3 aromatic rings. The number of aromatic nitrogens is 3. The zero-order valence-electron chi connectivity index (χ0n) is 13.3. The molecule has 0 unspecified atom stereocenters. The van der Waals surface area contributed by atoms with Crippen LogP contribution in [0.25, 0.3) is 5.82 Å². The molecule has 24 heavy (non-hydrogen) atoms. The molecule has 0 fully saturated rings. The Bertz CT molecular complexity index is 935. The van der Waals surface area contributed by atoms with E-state index in [1.807, 2.05) is 26.0 Å². The second-order valence-corrected chi connectivity index (χ2v) is 5.39. The first-order valence-corrected chi connectivity index (χ1v) is 7.38. The van der Waals surface area contributed by atoms with E-state index < -0.39 is 0 Å². The summed E-state index contributed by atoms with van der Waals surface area (Å²) in [5.41, 5.74) is 3.36. The maximum atomic E-state index is 12.2. The zero-order valence-corrected chi connectivity index (χ0v) is 13.3. The van der Waals surface area contributed by atoms with Gasteiger partial charge in [0.1, 0.15) is 0 Å². The fraction of sp³-hybridized carbons (Fsp3) is 0.111. The topological polar surface area (TPSA) is 83.6 Å². The number of nitrogens with zero attached hydrogens (tertiary/aromatic N) is 4. The normalized spacial score (nSPS) is 10.2. The Morgan fingerprint density at radius 1 is 1.21 bits per heavy atom. The number of hydrogen-bond acceptors (Lipinski definition) is 4. The molecular formula is C18H15N5O. The van der Waals surface area contributed by atoms with Crippen molar-refractivity contribution >= 4 is 11.6 Å². The van der Waals surface area contributed by atoms with Crippen LogP contribution in [0.4, 0.5) is 5.69 Å². The van der Waals surface area contributed by atoms with Crippen molar-refractivity contribution in [3.8, 4) is 11.9 Å². The third-order valence-electron chi connectivity index (χ3n) is 3.49. The fourth-order valence-electron chi connectivity index (χ4n) is 2.38. The summed E-state index contributed by atoms with van der Waals surface area (Å²) in [7, 11) is 0. The number of carbonyl (C=O) groups excluding carboxylic acids is 1. The van der Waals surface area contributed by atoms with Crippen molar-refractivity contribution in [1.29, 1.82) is 5.26 Å². The lowest BCUT2D eigenvalue weighted by atomic mass is 10.1. The van der Waals surface area contributed by atoms with Crippen molar-refractivity contribution < 1.29 is 4.79 Å². The van der Waals surface area contributed by atoms with Crippen LogP contribution in [0, 0.1) is 25.2 Å². The molecule has 6 heteroatoms. The van der Waals surface area contributed by atoms with Gasteiger partial charge < -0.3 is 5.32 Å². The summed E-state index contributed by atoms with van der Waals surface area (Å²) < 4.78 is 1.75. The Morgan fingerprint density at radius 2 is 2.04 bits per heavy atom. The Labute approximate surface area is 139 Å². The summed E-state index contributed by atoms with van der Waals surface area (Å²) in [5.74, 6) is 0.401. The number of aryl methyl sites for hydroxylation is 2. The molecule has 6 nitrogen and oxygen atoms in total. The summed E-state index contributed by atoms with van der Waals surface area (Å²) in [6.07, 6.45) is 1.58. The molecule has 0 aliphatic heterocycles. The van der Waals surface area contributed by atoms with E-state index in [9.17, 15) is 4.79 Å². The highest BCUT2D eigenvalue weighted by molar-refractivity contribution is 6.04. The summed E-state index contributed by atoms with van der Waals surface area (Å²) >= 11 is 0. The number of pyridine rings is 1. The van der Waals surface area contributed by atoms with Crippen LogP contribution in [0.2, 0.25) is 0 Å². The predicted octanol–water partition coefficient (Wildman–Crippen LogP) is 3.01. The van der Waals surface area contributed by atoms with Gasteiger partial charge in [0.2, 0.25) is 0 Å². The first-order chi connectivity index (χ1) is 11.6. The Kier molecular flexibility index (Phi) is 4.08. The van der Waals surface area contributed by atoms with Gasteiger partial charge in [0.25, 0.3) is 5.91 Å². The van der Waals surface area contributed by atoms with Crippen molar-refractivity contribution in [3.63, 3.8) is 0 Å². The summed E-state index contributed by atoms with van der Waals surface area (Å²) in [4.78, 5) is 16.6. The third kappa shape index (κ3) is 3.15. The van der Waals surface area contributed by atoms with Gasteiger partial charge >= 0.3 is 0 Å². The van der Waals surface area contributed by atoms with Crippen LogP contribution in [-0.4, -0.2) is 20.7 Å². The van der Waals surface area contributed by atoms with Crippen LogP contribution < -0.4 is 5.32 Å². The molecule has 1 N–H and O–H groups in total. The van der Waals surface area contributed by atoms with Crippen LogP contribution in [0.15, 0.2) is 48.7 Å². The van der Waals surface area contributed by atoms with E-state index in [-0.39, 0.29) is 5.91 Å². The van der Waals surface area contributed by atoms with Crippen molar-refractivity contribution in [2.75, 3.05) is 5.32 Å². The number of rotatable bonds is 3. The highest BCUT2D eigenvalue weighted by Crippen LogP contribution is 2.14. The summed E-state index contributed by atoms with van der Waals surface area (Å²) in [6, 6.07) is 14.1. The van der Waals surface area contributed by atoms with Crippen molar-refractivity contribution in [1.82, 2.24) is 14.8 Å². The summed E-state index contributed by atoms with van der Waals surface area (Å²) in [6.45, 7) is 3.88. The maximum Gasteiger partial charge on any atom is 0.255 e. The highest BCUT2D eigenvalue weighted by Gasteiger charge is 2.09. The second kappa shape index (κ2) is 6.34. The largest absolute Gasteiger partial charge is 0.321 e. The first kappa shape index (κ1) is 15.4. The Hall–Kier alpha value is -3.46. The highest BCUT2D eigenvalue weighted by atomic mass is 16.1. The molecule has 0 aliphatic rings. The van der Waals surface area contributed by atoms with E-state index in [0.29, 0.717) is 22.6 Å². The number of amides is 1. The molecule has 0 radical (unpaired) electrons. The van der Waals surface area contributed by atoms with Gasteiger partial charge in [-0.25, -0.2) is 9.67 Å². The van der Waals surface area contributed by atoms with Gasteiger partial charge in [-0.3, -0.25) is 4.79 Å². The Balaban J connectivity index is 1.78. The van der Waals surface area contributed by atoms with Gasteiger partial charge in [0.15, 0.2) is 5.82 Å². The van der Waals surface area contributed by atoms with Gasteiger partial charge in [-0.15, -0.1) is 0 Å². The van der Waals surface area contributed by atoms with Crippen molar-refractivity contribution in [2.24, 2.45) is 0 Å². The molecule has 2 aromatic heterocycles. The average molecular weight is 317 g/mol. The van der Waals surface area contributed by atoms with Crippen molar-refractivity contribution in [2.45, 2.75) is 13.8 Å². The molecule has 0 aliphatic carbocycles. The second-order valence-electron chi connectivity index (χ2n) is 5.39. The van der Waals surface area contributed by atoms with Crippen LogP contribution in [-0.2, 0) is 0 Å². The quantitative estimate of drug-likeness (QED) is 0.805. The molecular weight excluding hydrogens is 302 g/mol. The average Bonchev–Trinajstić information content (AvgIpc) is 2.94. The van der Waals surface area contributed by atoms with Crippen LogP contribution in [0.3, 0.4) is 0 Å². The van der Waals surface area contributed by atoms with Gasteiger partial charge in [0.05, 0.1) is 29.2 Å². The predicted molar refractivity (Wildman–Crippen MR) is 89.9 cm³/mol. The van der Waals surface area contributed by atoms with E-state index in [0.717, 1.165) is 11.4 Å².